The van der Waals surface area contributed by atoms with Crippen molar-refractivity contribution < 1.29 is 9.90 Å². The van der Waals surface area contributed by atoms with Gasteiger partial charge in [0.2, 0.25) is 0 Å². The molecule has 1 N–H and O–H groups in total. The normalized spacial score (nSPS) is 19.3. The second-order valence-corrected chi connectivity index (χ2v) is 4.25. The summed E-state index contributed by atoms with van der Waals surface area (Å²) in [5.41, 5.74) is 0.900. The average Bonchev–Trinajstić information content (AvgIpc) is 2.30. The van der Waals surface area contributed by atoms with Crippen LogP contribution in [0, 0.1) is 5.21 Å². The Morgan fingerprint density at radius 1 is 1.12 bits per heavy atom. The van der Waals surface area contributed by atoms with Gasteiger partial charge in [-0.05, 0) is 31.4 Å². The third-order valence-corrected chi connectivity index (χ3v) is 3.12. The van der Waals surface area contributed by atoms with Crippen molar-refractivity contribution in [3.63, 3.8) is 0 Å². The number of nitrogens with zero attached hydrogens (tertiary/aromatic N) is 1. The van der Waals surface area contributed by atoms with E-state index in [2.05, 4.69) is 0 Å². The molecule has 0 bridgehead atoms. The number of carboxylic acid groups (broad SMARTS) is 1. The summed E-state index contributed by atoms with van der Waals surface area (Å²) in [5.74, 6) is -0.956. The maximum Gasteiger partial charge on any atom is 0.335 e. The second kappa shape index (κ2) is 4.23. The number of benzene rings is 1. The van der Waals surface area contributed by atoms with Crippen molar-refractivity contribution in [1.82, 2.24) is 4.65 Å². The second-order valence-electron chi connectivity index (χ2n) is 4.25. The molecule has 16 heavy (non-hydrogen) atoms. The van der Waals surface area contributed by atoms with E-state index < -0.39 is 5.97 Å². The molecule has 0 atom stereocenters. The van der Waals surface area contributed by atoms with E-state index in [1.807, 2.05) is 0 Å². The largest absolute Gasteiger partial charge is 0.627 e. The highest BCUT2D eigenvalue weighted by atomic mass is 16.5. The Hall–Kier alpha value is -1.39. The van der Waals surface area contributed by atoms with Gasteiger partial charge in [0.05, 0.1) is 18.7 Å². The minimum atomic E-state index is -0.956. The standard InChI is InChI=1S/C12H15NO3/c14-12(15)10-4-6-11(7-5-10)13(16)8-2-1-3-9-13/h4-7H,1-3,8-9H2,(H,14,15). The number of carbonyl (C=O) groups is 1. The van der Waals surface area contributed by atoms with E-state index in [9.17, 15) is 10.0 Å². The van der Waals surface area contributed by atoms with Crippen molar-refractivity contribution in [2.45, 2.75) is 19.3 Å². The Bertz CT molecular complexity index is 380. The summed E-state index contributed by atoms with van der Waals surface area (Å²) in [6.07, 6.45) is 3.02. The fourth-order valence-corrected chi connectivity index (χ4v) is 2.16. The van der Waals surface area contributed by atoms with Crippen LogP contribution in [-0.2, 0) is 0 Å². The molecule has 2 rings (SSSR count). The molecule has 0 spiro atoms. The monoisotopic (exact) mass is 221 g/mol. The molecule has 1 aliphatic rings. The van der Waals surface area contributed by atoms with Gasteiger partial charge in [-0.3, -0.25) is 0 Å². The first-order chi connectivity index (χ1) is 7.62. The molecule has 0 saturated carbocycles. The Morgan fingerprint density at radius 3 is 2.19 bits per heavy atom. The van der Waals surface area contributed by atoms with Crippen LogP contribution >= 0.6 is 0 Å². The lowest BCUT2D eigenvalue weighted by atomic mass is 10.1. The maximum atomic E-state index is 12.4. The highest BCUT2D eigenvalue weighted by Gasteiger charge is 2.23. The molecule has 1 aromatic rings. The van der Waals surface area contributed by atoms with Crippen LogP contribution in [0.4, 0.5) is 5.69 Å². The molecule has 1 aliphatic heterocycles. The van der Waals surface area contributed by atoms with Crippen LogP contribution in [0.25, 0.3) is 0 Å². The molecule has 4 nitrogen and oxygen atoms in total. The molecule has 0 aromatic heterocycles. The molecule has 1 aromatic carbocycles. The molecule has 1 heterocycles. The van der Waals surface area contributed by atoms with Crippen LogP contribution in [0.3, 0.4) is 0 Å². The Balaban J connectivity index is 2.23. The van der Waals surface area contributed by atoms with Gasteiger partial charge < -0.3 is 15.0 Å². The SMILES string of the molecule is O=C(O)c1ccc([N+]2([O-])CCCCC2)cc1. The molecule has 0 aliphatic carbocycles. The first-order valence-electron chi connectivity index (χ1n) is 5.54. The van der Waals surface area contributed by atoms with Crippen LogP contribution in [0.15, 0.2) is 24.3 Å². The minimum Gasteiger partial charge on any atom is -0.627 e. The summed E-state index contributed by atoms with van der Waals surface area (Å²) in [6.45, 7) is 1.21. The van der Waals surface area contributed by atoms with Crippen LogP contribution < -0.4 is 4.65 Å². The molecule has 1 fully saturated rings. The highest BCUT2D eigenvalue weighted by Crippen LogP contribution is 2.27. The first kappa shape index (κ1) is 11.1. The van der Waals surface area contributed by atoms with E-state index in [4.69, 9.17) is 5.11 Å². The summed E-state index contributed by atoms with van der Waals surface area (Å²) in [7, 11) is 0. The van der Waals surface area contributed by atoms with Crippen LogP contribution in [-0.4, -0.2) is 24.2 Å². The lowest BCUT2D eigenvalue weighted by molar-refractivity contribution is 0.0697. The van der Waals surface area contributed by atoms with Crippen molar-refractivity contribution in [3.8, 4) is 0 Å². The number of rotatable bonds is 2. The summed E-state index contributed by atoms with van der Waals surface area (Å²) < 4.78 is -0.306. The number of carboxylic acids is 1. The third kappa shape index (κ3) is 2.08. The predicted molar refractivity (Wildman–Crippen MR) is 62.1 cm³/mol. The van der Waals surface area contributed by atoms with Crippen molar-refractivity contribution >= 4 is 11.7 Å². The lowest BCUT2D eigenvalue weighted by Gasteiger charge is -2.44. The molecule has 4 heteroatoms. The number of hydrogen-bond donors (Lipinski definition) is 1. The van der Waals surface area contributed by atoms with Gasteiger partial charge in [-0.25, -0.2) is 4.79 Å². The molecule has 86 valence electrons. The smallest absolute Gasteiger partial charge is 0.335 e. The van der Waals surface area contributed by atoms with Crippen LogP contribution in [0.1, 0.15) is 29.6 Å². The Kier molecular flexibility index (Phi) is 2.94. The number of quaternary nitrogens is 1. The molecule has 0 amide bonds. The fourth-order valence-electron chi connectivity index (χ4n) is 2.16. The zero-order valence-electron chi connectivity index (χ0n) is 9.06. The van der Waals surface area contributed by atoms with Crippen molar-refractivity contribution in [1.29, 1.82) is 0 Å². The van der Waals surface area contributed by atoms with Gasteiger partial charge >= 0.3 is 5.97 Å². The molecule has 1 saturated heterocycles. The van der Waals surface area contributed by atoms with Crippen LogP contribution in [0.5, 0.6) is 0 Å². The zero-order chi connectivity index (χ0) is 11.6. The van der Waals surface area contributed by atoms with E-state index in [1.165, 1.54) is 12.1 Å². The first-order valence-corrected chi connectivity index (χ1v) is 5.54. The van der Waals surface area contributed by atoms with Gasteiger partial charge in [0.15, 0.2) is 0 Å². The van der Waals surface area contributed by atoms with Crippen molar-refractivity contribution in [2.24, 2.45) is 0 Å². The number of piperidine rings is 1. The van der Waals surface area contributed by atoms with Gasteiger partial charge in [0, 0.05) is 12.1 Å². The van der Waals surface area contributed by atoms with Crippen LogP contribution in [0.2, 0.25) is 0 Å². The summed E-state index contributed by atoms with van der Waals surface area (Å²) in [5, 5.41) is 21.2. The average molecular weight is 221 g/mol. The van der Waals surface area contributed by atoms with E-state index >= 15 is 0 Å². The number of hydrogen-bond acceptors (Lipinski definition) is 2. The number of hydroxylamine groups is 2. The quantitative estimate of drug-likeness (QED) is 0.616. The Morgan fingerprint density at radius 2 is 1.69 bits per heavy atom. The van der Waals surface area contributed by atoms with Gasteiger partial charge in [0.1, 0.15) is 5.69 Å². The lowest BCUT2D eigenvalue weighted by Crippen LogP contribution is -2.47. The fraction of sp³-hybridized carbons (Fsp3) is 0.417. The van der Waals surface area contributed by atoms with E-state index in [0.29, 0.717) is 18.8 Å². The summed E-state index contributed by atoms with van der Waals surface area (Å²) >= 11 is 0. The highest BCUT2D eigenvalue weighted by molar-refractivity contribution is 5.87. The third-order valence-electron chi connectivity index (χ3n) is 3.12. The topological polar surface area (TPSA) is 60.4 Å². The molecular formula is C12H15NO3. The van der Waals surface area contributed by atoms with E-state index in [-0.39, 0.29) is 10.2 Å². The Labute approximate surface area is 94.3 Å². The molecule has 0 radical (unpaired) electrons. The van der Waals surface area contributed by atoms with Gasteiger partial charge in [0.25, 0.3) is 0 Å². The van der Waals surface area contributed by atoms with Gasteiger partial charge in [-0.2, -0.15) is 0 Å². The molecule has 0 unspecified atom stereocenters. The minimum absolute atomic E-state index is 0.229. The van der Waals surface area contributed by atoms with Crippen molar-refractivity contribution in [3.05, 3.63) is 35.0 Å². The summed E-state index contributed by atoms with van der Waals surface area (Å²) in [4.78, 5) is 10.7. The van der Waals surface area contributed by atoms with Gasteiger partial charge in [-0.1, -0.05) is 0 Å². The maximum absolute atomic E-state index is 12.4. The zero-order valence-corrected chi connectivity index (χ0v) is 9.06. The predicted octanol–water partition coefficient (Wildman–Crippen LogP) is 2.37. The van der Waals surface area contributed by atoms with E-state index in [1.54, 1.807) is 12.1 Å². The van der Waals surface area contributed by atoms with Crippen molar-refractivity contribution in [2.75, 3.05) is 13.1 Å². The van der Waals surface area contributed by atoms with E-state index in [0.717, 1.165) is 19.3 Å². The number of aromatic carboxylic acids is 1. The van der Waals surface area contributed by atoms with Gasteiger partial charge in [-0.15, -0.1) is 0 Å². The molecular weight excluding hydrogens is 206 g/mol. The summed E-state index contributed by atoms with van der Waals surface area (Å²) in [6, 6.07) is 6.29.